The standard InChI is InChI=1S/C25H21FN4O3/c1-33-22-7-3-6-21(13-22)29-25(32)23-15-30(16-27-23)14-17-8-10-20(11-9-17)28-24(31)18-4-2-5-19(26)12-18/h2-13,15-16H,14H2,1H3,(H,28,31)(H,29,32). The van der Waals surface area contributed by atoms with Crippen LogP contribution in [0.25, 0.3) is 0 Å². The highest BCUT2D eigenvalue weighted by molar-refractivity contribution is 6.04. The molecule has 1 heterocycles. The molecule has 0 aliphatic rings. The predicted octanol–water partition coefficient (Wildman–Crippen LogP) is 4.58. The van der Waals surface area contributed by atoms with Gasteiger partial charge in [-0.3, -0.25) is 9.59 Å². The molecule has 2 amide bonds. The third kappa shape index (κ3) is 5.62. The summed E-state index contributed by atoms with van der Waals surface area (Å²) in [5, 5.41) is 5.53. The molecular weight excluding hydrogens is 423 g/mol. The number of anilines is 2. The maximum Gasteiger partial charge on any atom is 0.275 e. The van der Waals surface area contributed by atoms with E-state index in [0.29, 0.717) is 23.7 Å². The highest BCUT2D eigenvalue weighted by atomic mass is 19.1. The molecule has 0 bridgehead atoms. The number of benzene rings is 3. The van der Waals surface area contributed by atoms with Gasteiger partial charge in [0, 0.05) is 35.7 Å². The van der Waals surface area contributed by atoms with Gasteiger partial charge in [0.05, 0.1) is 13.4 Å². The summed E-state index contributed by atoms with van der Waals surface area (Å²) in [5.41, 5.74) is 2.70. The Labute approximate surface area is 189 Å². The van der Waals surface area contributed by atoms with Gasteiger partial charge in [-0.15, -0.1) is 0 Å². The Kier molecular flexibility index (Phi) is 6.45. The molecule has 0 atom stereocenters. The van der Waals surface area contributed by atoms with Crippen LogP contribution in [0, 0.1) is 5.82 Å². The molecule has 0 unspecified atom stereocenters. The van der Waals surface area contributed by atoms with Crippen LogP contribution < -0.4 is 15.4 Å². The van der Waals surface area contributed by atoms with Crippen LogP contribution in [0.3, 0.4) is 0 Å². The van der Waals surface area contributed by atoms with E-state index in [1.165, 1.54) is 18.2 Å². The fraction of sp³-hybridized carbons (Fsp3) is 0.0800. The summed E-state index contributed by atoms with van der Waals surface area (Å²) in [6.45, 7) is 0.498. The van der Waals surface area contributed by atoms with Crippen LogP contribution >= 0.6 is 0 Å². The van der Waals surface area contributed by atoms with E-state index in [1.807, 2.05) is 12.1 Å². The number of methoxy groups -OCH3 is 1. The molecule has 166 valence electrons. The number of aromatic nitrogens is 2. The minimum absolute atomic E-state index is 0.247. The molecule has 2 N–H and O–H groups in total. The molecule has 0 spiro atoms. The number of hydrogen-bond donors (Lipinski definition) is 2. The van der Waals surface area contributed by atoms with Crippen LogP contribution in [0.5, 0.6) is 5.75 Å². The van der Waals surface area contributed by atoms with E-state index in [2.05, 4.69) is 15.6 Å². The minimum atomic E-state index is -0.463. The van der Waals surface area contributed by atoms with Gasteiger partial charge < -0.3 is 19.9 Å². The zero-order chi connectivity index (χ0) is 23.2. The quantitative estimate of drug-likeness (QED) is 0.437. The maximum absolute atomic E-state index is 13.3. The number of imidazole rings is 1. The number of nitrogens with one attached hydrogen (secondary N) is 2. The van der Waals surface area contributed by atoms with Crippen molar-refractivity contribution < 1.29 is 18.7 Å². The second-order valence-corrected chi connectivity index (χ2v) is 7.28. The van der Waals surface area contributed by atoms with Gasteiger partial charge in [0.2, 0.25) is 0 Å². The smallest absolute Gasteiger partial charge is 0.275 e. The number of nitrogens with zero attached hydrogens (tertiary/aromatic N) is 2. The number of ether oxygens (including phenoxy) is 1. The highest BCUT2D eigenvalue weighted by Gasteiger charge is 2.11. The highest BCUT2D eigenvalue weighted by Crippen LogP contribution is 2.18. The van der Waals surface area contributed by atoms with Crippen molar-refractivity contribution in [3.05, 3.63) is 108 Å². The first kappa shape index (κ1) is 21.8. The molecule has 4 rings (SSSR count). The van der Waals surface area contributed by atoms with Gasteiger partial charge in [-0.05, 0) is 48.0 Å². The Morgan fingerprint density at radius 3 is 2.45 bits per heavy atom. The van der Waals surface area contributed by atoms with Crippen LogP contribution in [0.15, 0.2) is 85.3 Å². The first-order valence-corrected chi connectivity index (χ1v) is 10.1. The number of halogens is 1. The van der Waals surface area contributed by atoms with Crippen molar-refractivity contribution >= 4 is 23.2 Å². The molecule has 0 fully saturated rings. The summed E-state index contributed by atoms with van der Waals surface area (Å²) in [6.07, 6.45) is 3.25. The van der Waals surface area contributed by atoms with Gasteiger partial charge in [-0.1, -0.05) is 24.3 Å². The summed E-state index contributed by atoms with van der Waals surface area (Å²) in [6, 6.07) is 19.8. The minimum Gasteiger partial charge on any atom is -0.497 e. The first-order chi connectivity index (χ1) is 16.0. The van der Waals surface area contributed by atoms with Crippen LogP contribution in [0.4, 0.5) is 15.8 Å². The Morgan fingerprint density at radius 2 is 1.70 bits per heavy atom. The molecule has 7 nitrogen and oxygen atoms in total. The van der Waals surface area contributed by atoms with Gasteiger partial charge in [-0.25, -0.2) is 9.37 Å². The van der Waals surface area contributed by atoms with E-state index >= 15 is 0 Å². The van der Waals surface area contributed by atoms with E-state index < -0.39 is 5.82 Å². The second kappa shape index (κ2) is 9.78. The van der Waals surface area contributed by atoms with Crippen LogP contribution in [-0.4, -0.2) is 28.5 Å². The molecular formula is C25H21FN4O3. The molecule has 8 heteroatoms. The second-order valence-electron chi connectivity index (χ2n) is 7.28. The lowest BCUT2D eigenvalue weighted by Crippen LogP contribution is -2.12. The normalized spacial score (nSPS) is 10.5. The molecule has 4 aromatic rings. The van der Waals surface area contributed by atoms with Crippen molar-refractivity contribution in [1.82, 2.24) is 9.55 Å². The Morgan fingerprint density at radius 1 is 0.939 bits per heavy atom. The number of carbonyl (C=O) groups excluding carboxylic acids is 2. The van der Waals surface area contributed by atoms with E-state index in [9.17, 15) is 14.0 Å². The lowest BCUT2D eigenvalue weighted by Gasteiger charge is -2.07. The van der Waals surface area contributed by atoms with Crippen molar-refractivity contribution in [2.24, 2.45) is 0 Å². The van der Waals surface area contributed by atoms with Gasteiger partial charge >= 0.3 is 0 Å². The largest absolute Gasteiger partial charge is 0.497 e. The van der Waals surface area contributed by atoms with Crippen LogP contribution in [-0.2, 0) is 6.54 Å². The summed E-state index contributed by atoms with van der Waals surface area (Å²) >= 11 is 0. The van der Waals surface area contributed by atoms with Gasteiger partial charge in [0.1, 0.15) is 17.3 Å². The molecule has 0 aliphatic heterocycles. The molecule has 33 heavy (non-hydrogen) atoms. The number of carbonyl (C=O) groups is 2. The lowest BCUT2D eigenvalue weighted by molar-refractivity contribution is 0.101. The summed E-state index contributed by atoms with van der Waals surface area (Å²) < 4.78 is 20.3. The maximum atomic E-state index is 13.3. The number of amides is 2. The monoisotopic (exact) mass is 444 g/mol. The Hall–Kier alpha value is -4.46. The van der Waals surface area contributed by atoms with Gasteiger partial charge in [0.25, 0.3) is 11.8 Å². The zero-order valence-electron chi connectivity index (χ0n) is 17.8. The van der Waals surface area contributed by atoms with Crippen LogP contribution in [0.2, 0.25) is 0 Å². The van der Waals surface area contributed by atoms with E-state index in [-0.39, 0.29) is 23.1 Å². The van der Waals surface area contributed by atoms with Gasteiger partial charge in [0.15, 0.2) is 0 Å². The SMILES string of the molecule is COc1cccc(NC(=O)c2cn(Cc3ccc(NC(=O)c4cccc(F)c4)cc3)cn2)c1. The van der Waals surface area contributed by atoms with E-state index in [1.54, 1.807) is 66.7 Å². The zero-order valence-corrected chi connectivity index (χ0v) is 17.8. The van der Waals surface area contributed by atoms with E-state index in [4.69, 9.17) is 4.74 Å². The average Bonchev–Trinajstić information content (AvgIpc) is 3.29. The van der Waals surface area contributed by atoms with Crippen molar-refractivity contribution in [3.63, 3.8) is 0 Å². The fourth-order valence-electron chi connectivity index (χ4n) is 3.20. The fourth-order valence-corrected chi connectivity index (χ4v) is 3.20. The third-order valence-electron chi connectivity index (χ3n) is 4.86. The predicted molar refractivity (Wildman–Crippen MR) is 123 cm³/mol. The van der Waals surface area contributed by atoms with Gasteiger partial charge in [-0.2, -0.15) is 0 Å². The van der Waals surface area contributed by atoms with Crippen molar-refractivity contribution in [2.45, 2.75) is 6.54 Å². The van der Waals surface area contributed by atoms with Crippen molar-refractivity contribution in [3.8, 4) is 5.75 Å². The Balaban J connectivity index is 1.36. The third-order valence-corrected chi connectivity index (χ3v) is 4.86. The molecule has 0 saturated carbocycles. The molecule has 0 aliphatic carbocycles. The Bertz CT molecular complexity index is 1280. The molecule has 1 aromatic heterocycles. The van der Waals surface area contributed by atoms with E-state index in [0.717, 1.165) is 5.56 Å². The van der Waals surface area contributed by atoms with Crippen molar-refractivity contribution in [1.29, 1.82) is 0 Å². The molecule has 0 radical (unpaired) electrons. The van der Waals surface area contributed by atoms with Crippen LogP contribution in [0.1, 0.15) is 26.4 Å². The summed E-state index contributed by atoms with van der Waals surface area (Å²) in [5.74, 6) is -0.523. The molecule has 0 saturated heterocycles. The molecule has 3 aromatic carbocycles. The summed E-state index contributed by atoms with van der Waals surface area (Å²) in [4.78, 5) is 28.9. The average molecular weight is 444 g/mol. The number of rotatable bonds is 7. The lowest BCUT2D eigenvalue weighted by atomic mass is 10.1. The summed E-state index contributed by atoms with van der Waals surface area (Å²) in [7, 11) is 1.56. The van der Waals surface area contributed by atoms with Crippen molar-refractivity contribution in [2.75, 3.05) is 17.7 Å². The first-order valence-electron chi connectivity index (χ1n) is 10.1. The number of hydrogen-bond acceptors (Lipinski definition) is 4. The topological polar surface area (TPSA) is 85.2 Å².